The zero-order valence-corrected chi connectivity index (χ0v) is 11.6. The third-order valence-electron chi connectivity index (χ3n) is 6.40. The first-order chi connectivity index (χ1) is 9.23. The molecule has 5 aliphatic carbocycles. The summed E-state index contributed by atoms with van der Waals surface area (Å²) in [4.78, 5) is 0. The summed E-state index contributed by atoms with van der Waals surface area (Å²) >= 11 is 0. The minimum absolute atomic E-state index is 0.309. The highest BCUT2D eigenvalue weighted by molar-refractivity contribution is 5.47. The summed E-state index contributed by atoms with van der Waals surface area (Å²) < 4.78 is 2.31. The maximum atomic E-state index is 6.48. The molecule has 5 aliphatic rings. The zero-order valence-electron chi connectivity index (χ0n) is 11.6. The largest absolute Gasteiger partial charge is 0.384 e. The predicted octanol–water partition coefficient (Wildman–Crippen LogP) is 2.88. The first kappa shape index (κ1) is 10.8. The lowest BCUT2D eigenvalue weighted by atomic mass is 9.53. The van der Waals surface area contributed by atoms with E-state index in [4.69, 9.17) is 10.8 Å². The number of aryl methyl sites for hydroxylation is 1. The minimum atomic E-state index is 0.309. The molecule has 0 saturated heterocycles. The number of nitrogen functional groups attached to an aromatic ring is 1. The van der Waals surface area contributed by atoms with Gasteiger partial charge in [-0.3, -0.25) is 0 Å². The van der Waals surface area contributed by atoms with E-state index in [-0.39, 0.29) is 0 Å². The van der Waals surface area contributed by atoms with E-state index in [1.807, 2.05) is 0 Å². The van der Waals surface area contributed by atoms with Crippen LogP contribution >= 0.6 is 0 Å². The second kappa shape index (κ2) is 3.36. The van der Waals surface area contributed by atoms with Gasteiger partial charge in [-0.25, -0.2) is 4.68 Å². The van der Waals surface area contributed by atoms with Crippen LogP contribution in [0.3, 0.4) is 0 Å². The normalized spacial score (nSPS) is 42.8. The molecule has 0 aliphatic heterocycles. The summed E-state index contributed by atoms with van der Waals surface area (Å²) in [7, 11) is 0. The average Bonchev–Trinajstić information content (AvgIpc) is 2.91. The molecule has 0 radical (unpaired) electrons. The van der Waals surface area contributed by atoms with Gasteiger partial charge in [0.05, 0.1) is 11.2 Å². The van der Waals surface area contributed by atoms with Crippen molar-refractivity contribution >= 4 is 5.82 Å². The Labute approximate surface area is 114 Å². The minimum Gasteiger partial charge on any atom is -0.384 e. The van der Waals surface area contributed by atoms with Crippen LogP contribution in [0.4, 0.5) is 5.82 Å². The van der Waals surface area contributed by atoms with E-state index in [1.165, 1.54) is 56.2 Å². The van der Waals surface area contributed by atoms with Gasteiger partial charge in [-0.05, 0) is 75.5 Å². The number of hydrogen-bond acceptors (Lipinski definition) is 2. The van der Waals surface area contributed by atoms with Crippen LogP contribution in [0.25, 0.3) is 0 Å². The lowest BCUT2D eigenvalue weighted by Gasteiger charge is -2.56. The fourth-order valence-corrected chi connectivity index (χ4v) is 6.10. The predicted molar refractivity (Wildman–Crippen MR) is 74.8 cm³/mol. The number of nitrogens with zero attached hydrogens (tertiary/aromatic N) is 2. The first-order valence-corrected chi connectivity index (χ1v) is 8.10. The molecule has 4 bridgehead atoms. The fraction of sp³-hybridized carbons (Fsp3) is 0.812. The Hall–Kier alpha value is -0.990. The van der Waals surface area contributed by atoms with Crippen molar-refractivity contribution in [3.05, 3.63) is 11.3 Å². The van der Waals surface area contributed by atoms with Crippen LogP contribution in [-0.4, -0.2) is 9.78 Å². The molecule has 6 rings (SSSR count). The zero-order chi connectivity index (χ0) is 12.6. The van der Waals surface area contributed by atoms with Crippen molar-refractivity contribution in [3.8, 4) is 0 Å². The molecule has 3 heteroatoms. The van der Waals surface area contributed by atoms with Gasteiger partial charge >= 0.3 is 0 Å². The summed E-state index contributed by atoms with van der Waals surface area (Å²) in [6.45, 7) is 0. The summed E-state index contributed by atoms with van der Waals surface area (Å²) in [5.41, 5.74) is 9.48. The van der Waals surface area contributed by atoms with Crippen molar-refractivity contribution in [1.29, 1.82) is 0 Å². The third kappa shape index (κ3) is 1.31. The van der Waals surface area contributed by atoms with Crippen molar-refractivity contribution in [3.63, 3.8) is 0 Å². The van der Waals surface area contributed by atoms with E-state index in [2.05, 4.69) is 4.68 Å². The Bertz CT molecular complexity index is 507. The van der Waals surface area contributed by atoms with Crippen molar-refractivity contribution in [1.82, 2.24) is 9.78 Å². The van der Waals surface area contributed by atoms with E-state index < -0.39 is 0 Å². The smallest absolute Gasteiger partial charge is 0.125 e. The molecule has 1 aromatic heterocycles. The SMILES string of the molecule is Nc1c2c(nn1C13CC4CC(CC(C4)C1)C3)CCC2. The average molecular weight is 257 g/mol. The van der Waals surface area contributed by atoms with Crippen molar-refractivity contribution < 1.29 is 0 Å². The van der Waals surface area contributed by atoms with Gasteiger partial charge in [-0.1, -0.05) is 0 Å². The molecule has 0 aromatic carbocycles. The highest BCUT2D eigenvalue weighted by Gasteiger charge is 2.53. The Balaban J connectivity index is 1.62. The maximum Gasteiger partial charge on any atom is 0.125 e. The van der Waals surface area contributed by atoms with E-state index >= 15 is 0 Å². The van der Waals surface area contributed by atoms with Crippen LogP contribution in [-0.2, 0) is 18.4 Å². The summed E-state index contributed by atoms with van der Waals surface area (Å²) in [6, 6.07) is 0. The van der Waals surface area contributed by atoms with Crippen LogP contribution in [0.2, 0.25) is 0 Å². The van der Waals surface area contributed by atoms with Crippen LogP contribution in [0, 0.1) is 17.8 Å². The van der Waals surface area contributed by atoms with Crippen molar-refractivity contribution in [2.75, 3.05) is 5.73 Å². The first-order valence-electron chi connectivity index (χ1n) is 8.10. The topological polar surface area (TPSA) is 43.8 Å². The molecule has 0 spiro atoms. The van der Waals surface area contributed by atoms with Gasteiger partial charge in [0.1, 0.15) is 5.82 Å². The van der Waals surface area contributed by atoms with Gasteiger partial charge in [-0.15, -0.1) is 0 Å². The Morgan fingerprint density at radius 3 is 2.21 bits per heavy atom. The van der Waals surface area contributed by atoms with Crippen LogP contribution < -0.4 is 5.73 Å². The van der Waals surface area contributed by atoms with Crippen LogP contribution in [0.15, 0.2) is 0 Å². The molecule has 2 N–H and O–H groups in total. The monoisotopic (exact) mass is 257 g/mol. The quantitative estimate of drug-likeness (QED) is 0.840. The van der Waals surface area contributed by atoms with E-state index in [0.29, 0.717) is 5.54 Å². The summed E-state index contributed by atoms with van der Waals surface area (Å²) in [5.74, 6) is 3.91. The lowest BCUT2D eigenvalue weighted by molar-refractivity contribution is -0.0483. The van der Waals surface area contributed by atoms with E-state index in [9.17, 15) is 0 Å². The molecule has 1 heterocycles. The maximum absolute atomic E-state index is 6.48. The second-order valence-corrected chi connectivity index (χ2v) is 7.72. The van der Waals surface area contributed by atoms with Gasteiger partial charge in [0, 0.05) is 5.56 Å². The third-order valence-corrected chi connectivity index (χ3v) is 6.40. The fourth-order valence-electron chi connectivity index (χ4n) is 6.10. The van der Waals surface area contributed by atoms with Crippen molar-refractivity contribution in [2.45, 2.75) is 63.3 Å². The molecule has 19 heavy (non-hydrogen) atoms. The summed E-state index contributed by atoms with van der Waals surface area (Å²) in [6.07, 6.45) is 12.1. The van der Waals surface area contributed by atoms with Gasteiger partial charge in [0.2, 0.25) is 0 Å². The number of aromatic nitrogens is 2. The molecular weight excluding hydrogens is 234 g/mol. The number of fused-ring (bicyclic) bond motifs is 1. The number of anilines is 1. The Morgan fingerprint density at radius 2 is 1.63 bits per heavy atom. The highest BCUT2D eigenvalue weighted by atomic mass is 15.4. The molecule has 4 fully saturated rings. The second-order valence-electron chi connectivity index (χ2n) is 7.72. The lowest BCUT2D eigenvalue weighted by Crippen LogP contribution is -2.52. The van der Waals surface area contributed by atoms with Gasteiger partial charge < -0.3 is 5.73 Å². The molecule has 0 amide bonds. The molecule has 0 unspecified atom stereocenters. The molecule has 0 atom stereocenters. The number of rotatable bonds is 1. The Morgan fingerprint density at radius 1 is 1.00 bits per heavy atom. The molecule has 1 aromatic rings. The van der Waals surface area contributed by atoms with Crippen LogP contribution in [0.1, 0.15) is 56.2 Å². The molecular formula is C16H23N3. The van der Waals surface area contributed by atoms with Gasteiger partial charge in [-0.2, -0.15) is 5.10 Å². The highest BCUT2D eigenvalue weighted by Crippen LogP contribution is 2.59. The number of nitrogens with two attached hydrogens (primary N) is 1. The van der Waals surface area contributed by atoms with Gasteiger partial charge in [0.25, 0.3) is 0 Å². The van der Waals surface area contributed by atoms with Crippen LogP contribution in [0.5, 0.6) is 0 Å². The molecule has 3 nitrogen and oxygen atoms in total. The van der Waals surface area contributed by atoms with Crippen molar-refractivity contribution in [2.24, 2.45) is 17.8 Å². The summed E-state index contributed by atoms with van der Waals surface area (Å²) in [5, 5.41) is 4.97. The van der Waals surface area contributed by atoms with E-state index in [1.54, 1.807) is 0 Å². The van der Waals surface area contributed by atoms with E-state index in [0.717, 1.165) is 36.4 Å². The Kier molecular flexibility index (Phi) is 1.90. The standard InChI is InChI=1S/C16H23N3/c17-15-13-2-1-3-14(13)18-19(15)16-7-10-4-11(8-16)6-12(5-10)9-16/h10-12H,1-9,17H2. The molecule has 102 valence electrons. The van der Waals surface area contributed by atoms with Gasteiger partial charge in [0.15, 0.2) is 0 Å². The molecule has 4 saturated carbocycles. The number of hydrogen-bond donors (Lipinski definition) is 1.